The van der Waals surface area contributed by atoms with E-state index in [1.165, 1.54) is 18.4 Å². The van der Waals surface area contributed by atoms with Crippen LogP contribution in [0, 0.1) is 0 Å². The zero-order chi connectivity index (χ0) is 14.8. The van der Waals surface area contributed by atoms with E-state index in [0.29, 0.717) is 6.04 Å². The Labute approximate surface area is 130 Å². The van der Waals surface area contributed by atoms with Gasteiger partial charge in [-0.3, -0.25) is 9.88 Å². The lowest BCUT2D eigenvalue weighted by Gasteiger charge is -2.39. The molecule has 2 aromatic heterocycles. The van der Waals surface area contributed by atoms with Crippen LogP contribution in [0.2, 0.25) is 0 Å². The van der Waals surface area contributed by atoms with E-state index in [9.17, 15) is 0 Å². The Balaban J connectivity index is 1.43. The van der Waals surface area contributed by atoms with Crippen molar-refractivity contribution in [3.63, 3.8) is 0 Å². The highest BCUT2D eigenvalue weighted by Crippen LogP contribution is 2.39. The van der Waals surface area contributed by atoms with E-state index in [2.05, 4.69) is 31.6 Å². The van der Waals surface area contributed by atoms with Crippen LogP contribution >= 0.6 is 0 Å². The first kappa shape index (κ1) is 13.9. The minimum Gasteiger partial charge on any atom is -0.371 e. The van der Waals surface area contributed by atoms with Crippen molar-refractivity contribution < 1.29 is 4.74 Å². The summed E-state index contributed by atoms with van der Waals surface area (Å²) in [6.45, 7) is 3.98. The second-order valence-electron chi connectivity index (χ2n) is 6.53. The van der Waals surface area contributed by atoms with Gasteiger partial charge in [0.25, 0.3) is 0 Å². The normalized spacial score (nSPS) is 29.2. The maximum Gasteiger partial charge on any atom is 0.0949 e. The van der Waals surface area contributed by atoms with E-state index < -0.39 is 0 Å². The molecular weight excluding hydrogens is 276 g/mol. The van der Waals surface area contributed by atoms with E-state index in [1.807, 2.05) is 31.1 Å². The smallest absolute Gasteiger partial charge is 0.0949 e. The van der Waals surface area contributed by atoms with Crippen LogP contribution < -0.4 is 0 Å². The average Bonchev–Trinajstić information content (AvgIpc) is 3.19. The van der Waals surface area contributed by atoms with E-state index in [4.69, 9.17) is 4.74 Å². The second kappa shape index (κ2) is 5.82. The summed E-state index contributed by atoms with van der Waals surface area (Å²) in [5, 5.41) is 0. The fourth-order valence-electron chi connectivity index (χ4n) is 3.85. The molecule has 116 valence electrons. The molecule has 0 aliphatic carbocycles. The number of rotatable bonds is 3. The molecule has 22 heavy (non-hydrogen) atoms. The predicted molar refractivity (Wildman–Crippen MR) is 83.3 cm³/mol. The minimum atomic E-state index is 0.0280. The fourth-order valence-corrected chi connectivity index (χ4v) is 3.85. The first-order valence-electron chi connectivity index (χ1n) is 8.06. The van der Waals surface area contributed by atoms with E-state index in [-0.39, 0.29) is 5.60 Å². The van der Waals surface area contributed by atoms with Crippen LogP contribution in [0.4, 0.5) is 0 Å². The van der Waals surface area contributed by atoms with Crippen molar-refractivity contribution in [1.29, 1.82) is 0 Å². The Morgan fingerprint density at radius 2 is 2.14 bits per heavy atom. The Hall–Kier alpha value is -1.72. The SMILES string of the molecule is c1cc(CN2CCC[C@]3(C[C@H](n4ccnc4)CO3)C2)ccn1. The first-order valence-corrected chi connectivity index (χ1v) is 8.06. The molecule has 5 nitrogen and oxygen atoms in total. The van der Waals surface area contributed by atoms with Crippen molar-refractivity contribution >= 4 is 0 Å². The van der Waals surface area contributed by atoms with Gasteiger partial charge in [-0.25, -0.2) is 4.98 Å². The number of hydrogen-bond acceptors (Lipinski definition) is 4. The van der Waals surface area contributed by atoms with Crippen molar-refractivity contribution in [2.75, 3.05) is 19.7 Å². The Morgan fingerprint density at radius 3 is 2.95 bits per heavy atom. The lowest BCUT2D eigenvalue weighted by molar-refractivity contribution is -0.0534. The third-order valence-electron chi connectivity index (χ3n) is 4.91. The molecule has 4 rings (SSSR count). The van der Waals surface area contributed by atoms with Crippen molar-refractivity contribution in [3.8, 4) is 0 Å². The first-order chi connectivity index (χ1) is 10.8. The van der Waals surface area contributed by atoms with Crippen LogP contribution in [-0.4, -0.2) is 44.7 Å². The molecule has 5 heteroatoms. The molecule has 2 fully saturated rings. The Bertz CT molecular complexity index is 600. The largest absolute Gasteiger partial charge is 0.371 e. The van der Waals surface area contributed by atoms with Crippen LogP contribution in [0.3, 0.4) is 0 Å². The van der Waals surface area contributed by atoms with Gasteiger partial charge in [0.15, 0.2) is 0 Å². The molecule has 2 atom stereocenters. The van der Waals surface area contributed by atoms with Crippen LogP contribution in [-0.2, 0) is 11.3 Å². The second-order valence-corrected chi connectivity index (χ2v) is 6.53. The zero-order valence-corrected chi connectivity index (χ0v) is 12.8. The molecule has 2 saturated heterocycles. The molecule has 2 aliphatic rings. The third-order valence-corrected chi connectivity index (χ3v) is 4.91. The van der Waals surface area contributed by atoms with Gasteiger partial charge in [-0.2, -0.15) is 0 Å². The van der Waals surface area contributed by atoms with Gasteiger partial charge in [-0.15, -0.1) is 0 Å². The molecule has 4 heterocycles. The highest BCUT2D eigenvalue weighted by atomic mass is 16.5. The monoisotopic (exact) mass is 298 g/mol. The van der Waals surface area contributed by atoms with Gasteiger partial charge in [0, 0.05) is 44.3 Å². The number of pyridine rings is 1. The minimum absolute atomic E-state index is 0.0280. The Morgan fingerprint density at radius 1 is 1.23 bits per heavy atom. The van der Waals surface area contributed by atoms with Crippen LogP contribution in [0.5, 0.6) is 0 Å². The van der Waals surface area contributed by atoms with E-state index in [0.717, 1.165) is 32.7 Å². The number of ether oxygens (including phenoxy) is 1. The van der Waals surface area contributed by atoms with Crippen molar-refractivity contribution in [2.45, 2.75) is 37.5 Å². The fraction of sp³-hybridized carbons (Fsp3) is 0.529. The maximum absolute atomic E-state index is 6.28. The standard InChI is InChI=1S/C17H22N4O/c1-4-17(10-16(12-22-17)21-9-7-19-14-21)13-20(8-1)11-15-2-5-18-6-3-15/h2-3,5-7,9,14,16H,1,4,8,10-13H2/t16-,17-/m0/s1. The summed E-state index contributed by atoms with van der Waals surface area (Å²) in [5.74, 6) is 0. The van der Waals surface area contributed by atoms with Gasteiger partial charge in [0.2, 0.25) is 0 Å². The van der Waals surface area contributed by atoms with Crippen molar-refractivity contribution in [3.05, 3.63) is 48.8 Å². The van der Waals surface area contributed by atoms with Crippen molar-refractivity contribution in [1.82, 2.24) is 19.4 Å². The van der Waals surface area contributed by atoms with E-state index >= 15 is 0 Å². The molecule has 1 spiro atoms. The van der Waals surface area contributed by atoms with Gasteiger partial charge >= 0.3 is 0 Å². The predicted octanol–water partition coefficient (Wildman–Crippen LogP) is 2.27. The quantitative estimate of drug-likeness (QED) is 0.872. The lowest BCUT2D eigenvalue weighted by atomic mass is 9.88. The molecule has 0 amide bonds. The molecule has 0 N–H and O–H groups in total. The number of aromatic nitrogens is 3. The molecule has 0 radical (unpaired) electrons. The van der Waals surface area contributed by atoms with Crippen LogP contribution in [0.1, 0.15) is 30.9 Å². The van der Waals surface area contributed by atoms with E-state index in [1.54, 1.807) is 0 Å². The number of likely N-dealkylation sites (tertiary alicyclic amines) is 1. The summed E-state index contributed by atoms with van der Waals surface area (Å²) in [6, 6.07) is 4.64. The van der Waals surface area contributed by atoms with Gasteiger partial charge in [-0.1, -0.05) is 0 Å². The zero-order valence-electron chi connectivity index (χ0n) is 12.8. The van der Waals surface area contributed by atoms with Gasteiger partial charge in [0.05, 0.1) is 24.6 Å². The highest BCUT2D eigenvalue weighted by molar-refractivity contribution is 5.10. The van der Waals surface area contributed by atoms with Crippen LogP contribution in [0.25, 0.3) is 0 Å². The van der Waals surface area contributed by atoms with Gasteiger partial charge in [0.1, 0.15) is 0 Å². The highest BCUT2D eigenvalue weighted by Gasteiger charge is 2.43. The van der Waals surface area contributed by atoms with Crippen LogP contribution in [0.15, 0.2) is 43.2 Å². The lowest BCUT2D eigenvalue weighted by Crippen LogP contribution is -2.47. The number of hydrogen-bond donors (Lipinski definition) is 0. The number of piperidine rings is 1. The summed E-state index contributed by atoms with van der Waals surface area (Å²) in [5.41, 5.74) is 1.36. The summed E-state index contributed by atoms with van der Waals surface area (Å²) in [4.78, 5) is 10.8. The summed E-state index contributed by atoms with van der Waals surface area (Å²) < 4.78 is 8.47. The summed E-state index contributed by atoms with van der Waals surface area (Å²) in [7, 11) is 0. The third kappa shape index (κ3) is 2.78. The Kier molecular flexibility index (Phi) is 3.68. The molecule has 0 bridgehead atoms. The average molecular weight is 298 g/mol. The molecule has 2 aromatic rings. The van der Waals surface area contributed by atoms with Gasteiger partial charge < -0.3 is 9.30 Å². The summed E-state index contributed by atoms with van der Waals surface area (Å²) in [6.07, 6.45) is 13.0. The molecule has 2 aliphatic heterocycles. The van der Waals surface area contributed by atoms with Gasteiger partial charge in [-0.05, 0) is 37.1 Å². The number of imidazole rings is 1. The molecule has 0 aromatic carbocycles. The number of nitrogens with zero attached hydrogens (tertiary/aromatic N) is 4. The topological polar surface area (TPSA) is 43.2 Å². The maximum atomic E-state index is 6.28. The molecular formula is C17H22N4O. The summed E-state index contributed by atoms with van der Waals surface area (Å²) >= 11 is 0. The molecule has 0 unspecified atom stereocenters. The molecule has 0 saturated carbocycles. The van der Waals surface area contributed by atoms with Crippen molar-refractivity contribution in [2.24, 2.45) is 0 Å².